The molecule has 0 bridgehead atoms. The molecule has 5 rings (SSSR count). The number of nitrogens with zero attached hydrogens (tertiary/aromatic N) is 8. The van der Waals surface area contributed by atoms with Crippen LogP contribution < -0.4 is 25.6 Å². The number of amides is 2. The highest BCUT2D eigenvalue weighted by molar-refractivity contribution is 5.88. The predicted octanol–water partition coefficient (Wildman–Crippen LogP) is 3.77. The van der Waals surface area contributed by atoms with E-state index in [1.165, 1.54) is 15.9 Å². The lowest BCUT2D eigenvalue weighted by Crippen LogP contribution is -2.58. The Morgan fingerprint density at radius 1 is 1.00 bits per heavy atom. The first-order chi connectivity index (χ1) is 20.1. The molecule has 0 spiro atoms. The zero-order valence-corrected chi connectivity index (χ0v) is 24.2. The van der Waals surface area contributed by atoms with Crippen LogP contribution in [0.5, 0.6) is 5.75 Å². The van der Waals surface area contributed by atoms with Gasteiger partial charge < -0.3 is 25.6 Å². The Hall–Kier alpha value is -5.20. The first-order valence-electron chi connectivity index (χ1n) is 13.6. The number of anilines is 5. The van der Waals surface area contributed by atoms with Crippen molar-refractivity contribution in [3.05, 3.63) is 66.5 Å². The van der Waals surface area contributed by atoms with Crippen molar-refractivity contribution in [2.24, 2.45) is 0 Å². The van der Waals surface area contributed by atoms with Crippen LogP contribution in [0.4, 0.5) is 33.9 Å². The van der Waals surface area contributed by atoms with Crippen molar-refractivity contribution in [2.75, 3.05) is 41.0 Å². The second kappa shape index (κ2) is 11.7. The maximum absolute atomic E-state index is 12.6. The molecule has 1 saturated heterocycles. The summed E-state index contributed by atoms with van der Waals surface area (Å²) in [5.74, 6) is 2.16. The average Bonchev–Trinajstić information content (AvgIpc) is 3.33. The molecule has 1 fully saturated rings. The van der Waals surface area contributed by atoms with E-state index < -0.39 is 6.09 Å². The third kappa shape index (κ3) is 6.09. The van der Waals surface area contributed by atoms with Gasteiger partial charge in [0.1, 0.15) is 17.9 Å². The number of rotatable bonds is 6. The van der Waals surface area contributed by atoms with Gasteiger partial charge in [0.05, 0.1) is 0 Å². The third-order valence-corrected chi connectivity index (χ3v) is 7.10. The highest BCUT2D eigenvalue weighted by Gasteiger charge is 2.32. The van der Waals surface area contributed by atoms with Crippen LogP contribution in [0.3, 0.4) is 0 Å². The van der Waals surface area contributed by atoms with Crippen LogP contribution in [-0.2, 0) is 4.79 Å². The molecule has 1 aliphatic heterocycles. The molecule has 1 aliphatic rings. The number of nitrogen functional groups attached to an aromatic ring is 1. The SMILES string of the molecule is CC(=O)N1[C@H](C)CN(c2cc(-n3nc(Nc4ccc(N(C)C(=O)Oc5ccc(C)cc5)cc4)nc3N)ncn2)C[C@@H]1C. The standard InChI is InChI=1S/C29H34N10O3/c1-18-6-12-24(13-7-18)42-29(41)36(5)23-10-8-22(9-11-23)33-28-34-27(30)39(35-28)26-14-25(31-17-32-26)37-15-19(2)38(21(4)40)20(3)16-37/h6-14,17,19-20H,15-16H2,1-5H3,(H3,30,33,34,35)/t19-,20+. The van der Waals surface area contributed by atoms with E-state index in [2.05, 4.69) is 30.3 Å². The summed E-state index contributed by atoms with van der Waals surface area (Å²) in [5.41, 5.74) is 8.63. The van der Waals surface area contributed by atoms with Crippen molar-refractivity contribution in [1.82, 2.24) is 29.6 Å². The largest absolute Gasteiger partial charge is 0.419 e. The summed E-state index contributed by atoms with van der Waals surface area (Å²) in [7, 11) is 1.64. The molecule has 13 heteroatoms. The number of aryl methyl sites for hydroxylation is 1. The molecule has 2 aromatic carbocycles. The number of carbonyl (C=O) groups is 2. The summed E-state index contributed by atoms with van der Waals surface area (Å²) in [6.07, 6.45) is 0.964. The molecule has 42 heavy (non-hydrogen) atoms. The number of ether oxygens (including phenoxy) is 1. The van der Waals surface area contributed by atoms with Crippen molar-refractivity contribution in [1.29, 1.82) is 0 Å². The van der Waals surface area contributed by atoms with E-state index in [4.69, 9.17) is 10.5 Å². The van der Waals surface area contributed by atoms with E-state index in [1.54, 1.807) is 56.4 Å². The van der Waals surface area contributed by atoms with Gasteiger partial charge in [-0.15, -0.1) is 5.10 Å². The molecule has 0 radical (unpaired) electrons. The summed E-state index contributed by atoms with van der Waals surface area (Å²) in [6, 6.07) is 16.3. The van der Waals surface area contributed by atoms with Crippen LogP contribution in [0, 0.1) is 6.92 Å². The summed E-state index contributed by atoms with van der Waals surface area (Å²) in [5, 5.41) is 7.62. The van der Waals surface area contributed by atoms with Crippen molar-refractivity contribution < 1.29 is 14.3 Å². The maximum Gasteiger partial charge on any atom is 0.419 e. The molecule has 0 aliphatic carbocycles. The summed E-state index contributed by atoms with van der Waals surface area (Å²) in [4.78, 5) is 43.2. The lowest BCUT2D eigenvalue weighted by Gasteiger charge is -2.44. The monoisotopic (exact) mass is 570 g/mol. The molecule has 0 unspecified atom stereocenters. The molecule has 2 aromatic heterocycles. The molecule has 4 aromatic rings. The lowest BCUT2D eigenvalue weighted by molar-refractivity contribution is -0.133. The number of hydrogen-bond acceptors (Lipinski definition) is 10. The van der Waals surface area contributed by atoms with E-state index in [-0.39, 0.29) is 29.9 Å². The normalized spacial score (nSPS) is 16.7. The minimum Gasteiger partial charge on any atom is -0.410 e. The van der Waals surface area contributed by atoms with Gasteiger partial charge in [0.2, 0.25) is 17.8 Å². The number of nitrogens with one attached hydrogen (secondary N) is 1. The van der Waals surface area contributed by atoms with Crippen molar-refractivity contribution in [3.63, 3.8) is 0 Å². The predicted molar refractivity (Wildman–Crippen MR) is 160 cm³/mol. The van der Waals surface area contributed by atoms with Gasteiger partial charge in [-0.25, -0.2) is 14.8 Å². The van der Waals surface area contributed by atoms with E-state index in [9.17, 15) is 9.59 Å². The summed E-state index contributed by atoms with van der Waals surface area (Å²) >= 11 is 0. The van der Waals surface area contributed by atoms with Crippen LogP contribution in [0.15, 0.2) is 60.9 Å². The highest BCUT2D eigenvalue weighted by Crippen LogP contribution is 2.24. The van der Waals surface area contributed by atoms with Crippen molar-refractivity contribution in [2.45, 2.75) is 39.8 Å². The fourth-order valence-corrected chi connectivity index (χ4v) is 5.08. The Kier molecular flexibility index (Phi) is 7.91. The Bertz CT molecular complexity index is 1560. The zero-order chi connectivity index (χ0) is 30.0. The van der Waals surface area contributed by atoms with Gasteiger partial charge in [-0.2, -0.15) is 9.67 Å². The van der Waals surface area contributed by atoms with Gasteiger partial charge in [0.25, 0.3) is 0 Å². The van der Waals surface area contributed by atoms with Gasteiger partial charge in [-0.05, 0) is 57.2 Å². The van der Waals surface area contributed by atoms with Gasteiger partial charge in [0, 0.05) is 56.6 Å². The molecular formula is C29H34N10O3. The number of hydrogen-bond donors (Lipinski definition) is 2. The molecule has 2 amide bonds. The van der Waals surface area contributed by atoms with Crippen LogP contribution >= 0.6 is 0 Å². The second-order valence-corrected chi connectivity index (χ2v) is 10.4. The quantitative estimate of drug-likeness (QED) is 0.351. The summed E-state index contributed by atoms with van der Waals surface area (Å²) in [6.45, 7) is 8.92. The first-order valence-corrected chi connectivity index (χ1v) is 13.6. The molecule has 2 atom stereocenters. The Morgan fingerprint density at radius 2 is 1.64 bits per heavy atom. The molecular weight excluding hydrogens is 536 g/mol. The average molecular weight is 571 g/mol. The fourth-order valence-electron chi connectivity index (χ4n) is 5.08. The molecule has 0 saturated carbocycles. The molecule has 218 valence electrons. The van der Waals surface area contributed by atoms with Crippen LogP contribution in [0.2, 0.25) is 0 Å². The van der Waals surface area contributed by atoms with Gasteiger partial charge >= 0.3 is 6.09 Å². The van der Waals surface area contributed by atoms with E-state index in [0.29, 0.717) is 41.8 Å². The van der Waals surface area contributed by atoms with E-state index >= 15 is 0 Å². The van der Waals surface area contributed by atoms with E-state index in [0.717, 1.165) is 5.56 Å². The molecule has 3 heterocycles. The Morgan fingerprint density at radius 3 is 2.29 bits per heavy atom. The summed E-state index contributed by atoms with van der Waals surface area (Å²) < 4.78 is 6.89. The van der Waals surface area contributed by atoms with Crippen LogP contribution in [0.1, 0.15) is 26.3 Å². The van der Waals surface area contributed by atoms with E-state index in [1.807, 2.05) is 37.8 Å². The maximum atomic E-state index is 12.6. The van der Waals surface area contributed by atoms with Gasteiger partial charge in [-0.3, -0.25) is 9.69 Å². The number of piperazine rings is 1. The first kappa shape index (κ1) is 28.3. The number of carbonyl (C=O) groups excluding carboxylic acids is 2. The van der Waals surface area contributed by atoms with Gasteiger partial charge in [0.15, 0.2) is 5.82 Å². The fraction of sp³-hybridized carbons (Fsp3) is 0.310. The smallest absolute Gasteiger partial charge is 0.410 e. The topological polar surface area (TPSA) is 148 Å². The molecule has 13 nitrogen and oxygen atoms in total. The Balaban J connectivity index is 1.25. The minimum atomic E-state index is -0.499. The third-order valence-electron chi connectivity index (χ3n) is 7.10. The number of benzene rings is 2. The second-order valence-electron chi connectivity index (χ2n) is 10.4. The van der Waals surface area contributed by atoms with Crippen LogP contribution in [-0.4, -0.2) is 73.9 Å². The molecule has 3 N–H and O–H groups in total. The number of nitrogens with two attached hydrogens (primary N) is 1. The number of aromatic nitrogens is 5. The zero-order valence-electron chi connectivity index (χ0n) is 24.2. The van der Waals surface area contributed by atoms with Crippen molar-refractivity contribution in [3.8, 4) is 11.6 Å². The van der Waals surface area contributed by atoms with Crippen molar-refractivity contribution >= 4 is 41.1 Å². The Labute approximate surface area is 243 Å². The van der Waals surface area contributed by atoms with Gasteiger partial charge in [-0.1, -0.05) is 17.7 Å². The highest BCUT2D eigenvalue weighted by atomic mass is 16.6. The van der Waals surface area contributed by atoms with Crippen LogP contribution in [0.25, 0.3) is 5.82 Å². The minimum absolute atomic E-state index is 0.0434. The lowest BCUT2D eigenvalue weighted by atomic mass is 10.1.